The van der Waals surface area contributed by atoms with Gasteiger partial charge in [0.1, 0.15) is 5.79 Å². The molecule has 0 spiro atoms. The van der Waals surface area contributed by atoms with E-state index in [2.05, 4.69) is 36.7 Å². The van der Waals surface area contributed by atoms with Crippen molar-refractivity contribution in [2.75, 3.05) is 14.1 Å². The zero-order valence-corrected chi connectivity index (χ0v) is 11.9. The molecule has 80 valence electrons. The maximum Gasteiger partial charge on any atom is 0.123 e. The number of hydrogen-bond acceptors (Lipinski definition) is 3. The Labute approximate surface area is 85.5 Å². The van der Waals surface area contributed by atoms with Gasteiger partial charge in [0, 0.05) is 15.8 Å². The zero-order chi connectivity index (χ0) is 10.5. The van der Waals surface area contributed by atoms with Crippen molar-refractivity contribution in [3.05, 3.63) is 0 Å². The van der Waals surface area contributed by atoms with Crippen LogP contribution in [0.2, 0.25) is 6.04 Å². The summed E-state index contributed by atoms with van der Waals surface area (Å²) >= 11 is 0. The minimum atomic E-state index is -0.0972. The van der Waals surface area contributed by atoms with Gasteiger partial charge in [-0.3, -0.25) is 16.0 Å². The molecule has 0 aromatic rings. The van der Waals surface area contributed by atoms with E-state index in [0.717, 1.165) is 6.42 Å². The van der Waals surface area contributed by atoms with Gasteiger partial charge in [0.2, 0.25) is 0 Å². The van der Waals surface area contributed by atoms with E-state index in [0.29, 0.717) is 0 Å². The first-order chi connectivity index (χ1) is 5.89. The van der Waals surface area contributed by atoms with E-state index in [1.54, 1.807) is 0 Å². The van der Waals surface area contributed by atoms with Crippen molar-refractivity contribution < 1.29 is 0 Å². The fraction of sp³-hybridized carbons (Fsp3) is 1.00. The lowest BCUT2D eigenvalue weighted by atomic mass is 10.1. The van der Waals surface area contributed by atoms with Crippen LogP contribution in [0.15, 0.2) is 0 Å². The molecule has 0 heterocycles. The highest BCUT2D eigenvalue weighted by atomic mass is 28.1. The smallest absolute Gasteiger partial charge is 0.123 e. The normalized spacial score (nSPS) is 13.6. The fourth-order valence-corrected chi connectivity index (χ4v) is 2.33. The van der Waals surface area contributed by atoms with E-state index in [9.17, 15) is 0 Å². The standard InChI is InChI=1S/C9H25N3Si/c1-8(2,3)12-9(10-4,11-5)6-7-13/h10-12H,6-7H2,1-5,13H3. The molecule has 0 aliphatic carbocycles. The highest BCUT2D eigenvalue weighted by Gasteiger charge is 2.29. The molecule has 0 aliphatic heterocycles. The summed E-state index contributed by atoms with van der Waals surface area (Å²) < 4.78 is 0. The average molecular weight is 203 g/mol. The molecule has 0 atom stereocenters. The summed E-state index contributed by atoms with van der Waals surface area (Å²) in [5, 5.41) is 10.2. The summed E-state index contributed by atoms with van der Waals surface area (Å²) in [6.07, 6.45) is 1.13. The third-order valence-corrected chi connectivity index (χ3v) is 2.57. The minimum Gasteiger partial charge on any atom is -0.290 e. The second-order valence-corrected chi connectivity index (χ2v) is 5.53. The highest BCUT2D eigenvalue weighted by Crippen LogP contribution is 2.10. The van der Waals surface area contributed by atoms with Crippen LogP contribution >= 0.6 is 0 Å². The van der Waals surface area contributed by atoms with Crippen molar-refractivity contribution in [3.8, 4) is 0 Å². The molecular formula is C9H25N3Si. The quantitative estimate of drug-likeness (QED) is 0.422. The lowest BCUT2D eigenvalue weighted by Crippen LogP contribution is -2.68. The predicted octanol–water partition coefficient (Wildman–Crippen LogP) is -0.359. The van der Waals surface area contributed by atoms with Crippen LogP contribution in [-0.4, -0.2) is 35.7 Å². The van der Waals surface area contributed by atoms with Crippen LogP contribution in [0.5, 0.6) is 0 Å². The van der Waals surface area contributed by atoms with Gasteiger partial charge >= 0.3 is 0 Å². The predicted molar refractivity (Wildman–Crippen MR) is 63.1 cm³/mol. The van der Waals surface area contributed by atoms with E-state index in [4.69, 9.17) is 0 Å². The summed E-state index contributed by atoms with van der Waals surface area (Å²) in [6.45, 7) is 6.55. The first-order valence-electron chi connectivity index (χ1n) is 5.06. The molecule has 0 aromatic heterocycles. The van der Waals surface area contributed by atoms with Crippen LogP contribution in [0.4, 0.5) is 0 Å². The summed E-state index contributed by atoms with van der Waals surface area (Å²) in [7, 11) is 5.24. The Morgan fingerprint density at radius 2 is 1.54 bits per heavy atom. The number of nitrogens with one attached hydrogen (secondary N) is 3. The Bertz CT molecular complexity index is 138. The Kier molecular flexibility index (Phi) is 5.13. The van der Waals surface area contributed by atoms with Crippen molar-refractivity contribution in [1.29, 1.82) is 0 Å². The van der Waals surface area contributed by atoms with Crippen LogP contribution in [0.1, 0.15) is 27.2 Å². The van der Waals surface area contributed by atoms with Crippen LogP contribution in [-0.2, 0) is 0 Å². The Hall–Kier alpha value is 0.0969. The molecule has 13 heavy (non-hydrogen) atoms. The fourth-order valence-electron chi connectivity index (χ4n) is 1.58. The van der Waals surface area contributed by atoms with Crippen LogP contribution in [0.3, 0.4) is 0 Å². The molecule has 0 fully saturated rings. The van der Waals surface area contributed by atoms with Crippen molar-refractivity contribution in [2.45, 2.75) is 44.6 Å². The molecule has 0 amide bonds. The largest absolute Gasteiger partial charge is 0.290 e. The van der Waals surface area contributed by atoms with Crippen LogP contribution in [0, 0.1) is 0 Å². The molecular weight excluding hydrogens is 178 g/mol. The van der Waals surface area contributed by atoms with Crippen molar-refractivity contribution in [2.24, 2.45) is 0 Å². The molecule has 0 bridgehead atoms. The first-order valence-corrected chi connectivity index (χ1v) is 6.47. The second kappa shape index (κ2) is 5.10. The van der Waals surface area contributed by atoms with Gasteiger partial charge in [-0.2, -0.15) is 0 Å². The van der Waals surface area contributed by atoms with Crippen LogP contribution in [0.25, 0.3) is 0 Å². The molecule has 0 unspecified atom stereocenters. The maximum absolute atomic E-state index is 3.57. The topological polar surface area (TPSA) is 36.1 Å². The number of hydrogen-bond donors (Lipinski definition) is 3. The van der Waals surface area contributed by atoms with Crippen molar-refractivity contribution in [1.82, 2.24) is 16.0 Å². The van der Waals surface area contributed by atoms with E-state index < -0.39 is 0 Å². The lowest BCUT2D eigenvalue weighted by Gasteiger charge is -2.40. The first kappa shape index (κ1) is 13.1. The molecule has 0 saturated heterocycles. The molecule has 3 nitrogen and oxygen atoms in total. The van der Waals surface area contributed by atoms with E-state index in [1.165, 1.54) is 16.3 Å². The van der Waals surface area contributed by atoms with Gasteiger partial charge in [0.05, 0.1) is 0 Å². The molecule has 0 saturated carbocycles. The van der Waals surface area contributed by atoms with Gasteiger partial charge in [0.25, 0.3) is 0 Å². The lowest BCUT2D eigenvalue weighted by molar-refractivity contribution is 0.165. The summed E-state index contributed by atoms with van der Waals surface area (Å²) in [5.74, 6) is -0.0972. The van der Waals surface area contributed by atoms with Crippen molar-refractivity contribution >= 4 is 10.2 Å². The van der Waals surface area contributed by atoms with Crippen LogP contribution < -0.4 is 16.0 Å². The molecule has 0 aromatic carbocycles. The summed E-state index contributed by atoms with van der Waals surface area (Å²) in [5.41, 5.74) is 0.128. The van der Waals surface area contributed by atoms with Gasteiger partial charge < -0.3 is 0 Å². The molecule has 3 N–H and O–H groups in total. The third kappa shape index (κ3) is 4.76. The van der Waals surface area contributed by atoms with E-state index in [-0.39, 0.29) is 11.3 Å². The van der Waals surface area contributed by atoms with Gasteiger partial charge in [-0.1, -0.05) is 6.04 Å². The number of rotatable bonds is 5. The maximum atomic E-state index is 3.57. The van der Waals surface area contributed by atoms with Crippen molar-refractivity contribution in [3.63, 3.8) is 0 Å². The zero-order valence-electron chi connectivity index (χ0n) is 9.91. The highest BCUT2D eigenvalue weighted by molar-refractivity contribution is 6.08. The second-order valence-electron chi connectivity index (χ2n) is 4.53. The SMILES string of the molecule is CNC(CC[SiH3])(NC)NC(C)(C)C. The van der Waals surface area contributed by atoms with Gasteiger partial charge in [-0.05, 0) is 41.3 Å². The Balaban J connectivity index is 4.38. The molecule has 0 radical (unpaired) electrons. The third-order valence-electron chi connectivity index (χ3n) is 2.07. The van der Waals surface area contributed by atoms with Gasteiger partial charge in [-0.15, -0.1) is 0 Å². The Morgan fingerprint density at radius 1 is 1.08 bits per heavy atom. The summed E-state index contributed by atoms with van der Waals surface area (Å²) in [6, 6.07) is 1.28. The molecule has 4 heteroatoms. The molecule has 0 rings (SSSR count). The van der Waals surface area contributed by atoms with E-state index >= 15 is 0 Å². The minimum absolute atomic E-state index is 0.0972. The average Bonchev–Trinajstić information content (AvgIpc) is 2.01. The monoisotopic (exact) mass is 203 g/mol. The molecule has 0 aliphatic rings. The van der Waals surface area contributed by atoms with Gasteiger partial charge in [-0.25, -0.2) is 0 Å². The Morgan fingerprint density at radius 3 is 1.77 bits per heavy atom. The van der Waals surface area contributed by atoms with E-state index in [1.807, 2.05) is 14.1 Å². The summed E-state index contributed by atoms with van der Waals surface area (Å²) in [4.78, 5) is 0. The van der Waals surface area contributed by atoms with Gasteiger partial charge in [0.15, 0.2) is 0 Å².